The van der Waals surface area contributed by atoms with Crippen LogP contribution in [0.1, 0.15) is 45.2 Å². The van der Waals surface area contributed by atoms with Crippen LogP contribution >= 0.6 is 0 Å². The number of likely N-dealkylation sites (tertiary alicyclic amines) is 1. The Morgan fingerprint density at radius 3 is 2.19 bits per heavy atom. The van der Waals surface area contributed by atoms with Crippen molar-refractivity contribution in [3.05, 3.63) is 72.4 Å². The van der Waals surface area contributed by atoms with E-state index in [9.17, 15) is 13.2 Å². The molecule has 1 aliphatic heterocycles. The Bertz CT molecular complexity index is 1290. The number of benzene rings is 2. The van der Waals surface area contributed by atoms with E-state index in [-0.39, 0.29) is 28.7 Å². The summed E-state index contributed by atoms with van der Waals surface area (Å²) in [6.07, 6.45) is 0.950. The van der Waals surface area contributed by atoms with Crippen LogP contribution in [-0.4, -0.2) is 48.1 Å². The van der Waals surface area contributed by atoms with Crippen molar-refractivity contribution in [2.24, 2.45) is 0 Å². The van der Waals surface area contributed by atoms with Crippen molar-refractivity contribution in [1.82, 2.24) is 14.9 Å². The topological polar surface area (TPSA) is 111 Å². The molecule has 2 heterocycles. The van der Waals surface area contributed by atoms with Gasteiger partial charge < -0.3 is 14.4 Å². The molecule has 0 spiro atoms. The number of para-hydroxylation sites is 1. The molecule has 0 bridgehead atoms. The van der Waals surface area contributed by atoms with Gasteiger partial charge in [-0.1, -0.05) is 36.4 Å². The SMILES string of the molecule is CC(C)(C)OC(=O)N1CCC(c2cc(Oc3ccccc3)nc(NS(=O)(=O)c3ccccc3)n2)CC1. The Morgan fingerprint density at radius 1 is 0.972 bits per heavy atom. The average Bonchev–Trinajstić information content (AvgIpc) is 2.84. The van der Waals surface area contributed by atoms with E-state index in [1.807, 2.05) is 39.0 Å². The van der Waals surface area contributed by atoms with E-state index < -0.39 is 15.6 Å². The Labute approximate surface area is 211 Å². The lowest BCUT2D eigenvalue weighted by molar-refractivity contribution is 0.0204. The molecular formula is C26H30N4O5S. The molecule has 0 unspecified atom stereocenters. The molecule has 1 saturated heterocycles. The third-order valence-electron chi connectivity index (χ3n) is 5.53. The summed E-state index contributed by atoms with van der Waals surface area (Å²) < 4.78 is 39.7. The van der Waals surface area contributed by atoms with E-state index in [1.54, 1.807) is 41.3 Å². The van der Waals surface area contributed by atoms with Gasteiger partial charge in [0.1, 0.15) is 11.4 Å². The zero-order valence-electron chi connectivity index (χ0n) is 20.5. The lowest BCUT2D eigenvalue weighted by atomic mass is 9.93. The van der Waals surface area contributed by atoms with Gasteiger partial charge in [0.2, 0.25) is 11.8 Å². The van der Waals surface area contributed by atoms with Gasteiger partial charge in [-0.25, -0.2) is 22.9 Å². The maximum atomic E-state index is 12.9. The minimum absolute atomic E-state index is 0.00945. The van der Waals surface area contributed by atoms with Crippen LogP contribution < -0.4 is 9.46 Å². The van der Waals surface area contributed by atoms with E-state index in [1.165, 1.54) is 12.1 Å². The predicted molar refractivity (Wildman–Crippen MR) is 136 cm³/mol. The van der Waals surface area contributed by atoms with Crippen LogP contribution in [0.5, 0.6) is 11.6 Å². The highest BCUT2D eigenvalue weighted by Gasteiger charge is 2.29. The quantitative estimate of drug-likeness (QED) is 0.486. The molecule has 1 amide bonds. The predicted octanol–water partition coefficient (Wildman–Crippen LogP) is 5.18. The number of nitrogens with zero attached hydrogens (tertiary/aromatic N) is 3. The smallest absolute Gasteiger partial charge is 0.410 e. The molecule has 0 atom stereocenters. The van der Waals surface area contributed by atoms with Crippen LogP contribution in [0.2, 0.25) is 0 Å². The molecule has 4 rings (SSSR count). The van der Waals surface area contributed by atoms with Gasteiger partial charge in [-0.05, 0) is 57.9 Å². The lowest BCUT2D eigenvalue weighted by Gasteiger charge is -2.33. The number of rotatable bonds is 6. The average molecular weight is 511 g/mol. The molecule has 9 nitrogen and oxygen atoms in total. The molecule has 0 aliphatic carbocycles. The highest BCUT2D eigenvalue weighted by molar-refractivity contribution is 7.92. The van der Waals surface area contributed by atoms with Gasteiger partial charge in [-0.3, -0.25) is 0 Å². The molecule has 10 heteroatoms. The first-order chi connectivity index (χ1) is 17.1. The minimum Gasteiger partial charge on any atom is -0.444 e. The van der Waals surface area contributed by atoms with Gasteiger partial charge in [0.25, 0.3) is 10.0 Å². The molecule has 3 aromatic rings. The van der Waals surface area contributed by atoms with Crippen molar-refractivity contribution in [2.75, 3.05) is 17.8 Å². The molecule has 0 saturated carbocycles. The summed E-state index contributed by atoms with van der Waals surface area (Å²) >= 11 is 0. The van der Waals surface area contributed by atoms with E-state index in [4.69, 9.17) is 9.47 Å². The first-order valence-corrected chi connectivity index (χ1v) is 13.2. The summed E-state index contributed by atoms with van der Waals surface area (Å²) in [6, 6.07) is 18.9. The third-order valence-corrected chi connectivity index (χ3v) is 6.88. The van der Waals surface area contributed by atoms with E-state index >= 15 is 0 Å². The Balaban J connectivity index is 1.57. The fourth-order valence-electron chi connectivity index (χ4n) is 3.82. The summed E-state index contributed by atoms with van der Waals surface area (Å²) in [6.45, 7) is 6.52. The summed E-state index contributed by atoms with van der Waals surface area (Å²) in [5.41, 5.74) is 0.0836. The number of amides is 1. The monoisotopic (exact) mass is 510 g/mol. The zero-order chi connectivity index (χ0) is 25.8. The standard InChI is InChI=1S/C26H30N4O5S/c1-26(2,3)35-25(31)30-16-14-19(15-17-30)22-18-23(34-20-10-6-4-7-11-20)28-24(27-22)29-36(32,33)21-12-8-5-9-13-21/h4-13,18-19H,14-17H2,1-3H3,(H,27,28,29). The van der Waals surface area contributed by atoms with Crippen molar-refractivity contribution in [3.8, 4) is 11.6 Å². The van der Waals surface area contributed by atoms with Gasteiger partial charge in [0.15, 0.2) is 0 Å². The van der Waals surface area contributed by atoms with Crippen molar-refractivity contribution >= 4 is 22.1 Å². The van der Waals surface area contributed by atoms with Crippen LogP contribution in [0.3, 0.4) is 0 Å². The van der Waals surface area contributed by atoms with Crippen LogP contribution in [-0.2, 0) is 14.8 Å². The number of carbonyl (C=O) groups is 1. The number of carbonyl (C=O) groups excluding carboxylic acids is 1. The van der Waals surface area contributed by atoms with Gasteiger partial charge in [-0.2, -0.15) is 4.98 Å². The van der Waals surface area contributed by atoms with Crippen molar-refractivity contribution < 1.29 is 22.7 Å². The van der Waals surface area contributed by atoms with E-state index in [2.05, 4.69) is 14.7 Å². The van der Waals surface area contributed by atoms with Gasteiger partial charge in [0.05, 0.1) is 10.6 Å². The second-order valence-corrected chi connectivity index (χ2v) is 11.2. The highest BCUT2D eigenvalue weighted by Crippen LogP contribution is 2.31. The second-order valence-electron chi connectivity index (χ2n) is 9.53. The van der Waals surface area contributed by atoms with Gasteiger partial charge >= 0.3 is 6.09 Å². The van der Waals surface area contributed by atoms with Crippen molar-refractivity contribution in [3.63, 3.8) is 0 Å². The van der Waals surface area contributed by atoms with Crippen LogP contribution in [0, 0.1) is 0 Å². The fourth-order valence-corrected chi connectivity index (χ4v) is 4.79. The third kappa shape index (κ3) is 6.72. The maximum absolute atomic E-state index is 12.9. The normalized spacial score (nSPS) is 14.8. The number of aromatic nitrogens is 2. The number of nitrogens with one attached hydrogen (secondary N) is 1. The number of sulfonamides is 1. The highest BCUT2D eigenvalue weighted by atomic mass is 32.2. The largest absolute Gasteiger partial charge is 0.444 e. The fraction of sp³-hybridized carbons (Fsp3) is 0.346. The molecule has 1 aliphatic rings. The molecule has 2 aromatic carbocycles. The molecule has 190 valence electrons. The summed E-state index contributed by atoms with van der Waals surface area (Å²) in [5.74, 6) is 0.715. The first kappa shape index (κ1) is 25.4. The molecule has 1 fully saturated rings. The molecule has 0 radical (unpaired) electrons. The lowest BCUT2D eigenvalue weighted by Crippen LogP contribution is -2.41. The first-order valence-electron chi connectivity index (χ1n) is 11.8. The summed E-state index contributed by atoms with van der Waals surface area (Å²) in [7, 11) is -3.89. The summed E-state index contributed by atoms with van der Waals surface area (Å²) in [5, 5.41) is 0. The van der Waals surface area contributed by atoms with Crippen molar-refractivity contribution in [2.45, 2.75) is 50.0 Å². The minimum atomic E-state index is -3.89. The van der Waals surface area contributed by atoms with E-state index in [0.29, 0.717) is 37.4 Å². The maximum Gasteiger partial charge on any atom is 0.410 e. The van der Waals surface area contributed by atoms with Crippen LogP contribution in [0.4, 0.5) is 10.7 Å². The Hall–Kier alpha value is -3.66. The molecule has 1 N–H and O–H groups in total. The number of hydrogen-bond donors (Lipinski definition) is 1. The van der Waals surface area contributed by atoms with Gasteiger partial charge in [-0.15, -0.1) is 0 Å². The molecule has 36 heavy (non-hydrogen) atoms. The number of ether oxygens (including phenoxy) is 2. The molecule has 1 aromatic heterocycles. The number of anilines is 1. The van der Waals surface area contributed by atoms with Crippen LogP contribution in [0.15, 0.2) is 71.6 Å². The summed E-state index contributed by atoms with van der Waals surface area (Å²) in [4.78, 5) is 23.1. The van der Waals surface area contributed by atoms with Gasteiger partial charge in [0, 0.05) is 25.1 Å². The number of hydrogen-bond acceptors (Lipinski definition) is 7. The van der Waals surface area contributed by atoms with Crippen LogP contribution in [0.25, 0.3) is 0 Å². The Kier molecular flexibility index (Phi) is 7.44. The van der Waals surface area contributed by atoms with E-state index in [0.717, 1.165) is 0 Å². The number of piperidine rings is 1. The second kappa shape index (κ2) is 10.5. The zero-order valence-corrected chi connectivity index (χ0v) is 21.4. The molecular weight excluding hydrogens is 480 g/mol. The Morgan fingerprint density at radius 2 is 1.58 bits per heavy atom. The van der Waals surface area contributed by atoms with Crippen molar-refractivity contribution in [1.29, 1.82) is 0 Å².